The van der Waals surface area contributed by atoms with Crippen LogP contribution in [0.1, 0.15) is 18.4 Å². The van der Waals surface area contributed by atoms with Gasteiger partial charge in [0.1, 0.15) is 0 Å². The van der Waals surface area contributed by atoms with Crippen LogP contribution in [0.15, 0.2) is 54.6 Å². The molecule has 2 saturated heterocycles. The maximum absolute atomic E-state index is 5.72. The van der Waals surface area contributed by atoms with E-state index in [4.69, 9.17) is 9.47 Å². The molecule has 0 atom stereocenters. The van der Waals surface area contributed by atoms with Crippen LogP contribution in [-0.2, 0) is 33.1 Å². The Bertz CT molecular complexity index is 462. The topological polar surface area (TPSA) is 21.7 Å². The quantitative estimate of drug-likeness (QED) is 0.619. The van der Waals surface area contributed by atoms with Crippen molar-refractivity contribution in [3.8, 4) is 0 Å². The third kappa shape index (κ3) is 4.80. The summed E-state index contributed by atoms with van der Waals surface area (Å²) in [6.07, 6.45) is 2.02. The van der Waals surface area contributed by atoms with E-state index in [9.17, 15) is 0 Å². The Morgan fingerprint density at radius 1 is 1.00 bits per heavy atom. The van der Waals surface area contributed by atoms with Crippen LogP contribution in [0.2, 0.25) is 0 Å². The van der Waals surface area contributed by atoms with Crippen LogP contribution in [0.3, 0.4) is 0 Å². The van der Waals surface area contributed by atoms with Gasteiger partial charge in [-0.25, -0.2) is 18.2 Å². The van der Waals surface area contributed by atoms with Crippen molar-refractivity contribution in [2.24, 2.45) is 0 Å². The van der Waals surface area contributed by atoms with Gasteiger partial charge < -0.3 is 14.4 Å². The van der Waals surface area contributed by atoms with Crippen molar-refractivity contribution in [2.75, 3.05) is 26.3 Å². The fourth-order valence-corrected chi connectivity index (χ4v) is 2.94. The normalized spacial score (nSPS) is 20.2. The molecule has 0 saturated carbocycles. The molecule has 2 fully saturated rings. The summed E-state index contributed by atoms with van der Waals surface area (Å²) in [5.74, 6) is -0.234. The summed E-state index contributed by atoms with van der Waals surface area (Å²) in [6.45, 7) is 4.74. The molecule has 1 spiro atoms. The van der Waals surface area contributed by atoms with E-state index in [1.54, 1.807) is 0 Å². The van der Waals surface area contributed by atoms with E-state index in [2.05, 4.69) is 29.2 Å². The molecule has 4 heteroatoms. The number of hydrogen-bond acceptors (Lipinski definition) is 3. The third-order valence-electron chi connectivity index (χ3n) is 4.12. The number of likely N-dealkylation sites (tertiary alicyclic amines) is 1. The summed E-state index contributed by atoms with van der Waals surface area (Å²) in [5.41, 5.74) is 1.41. The van der Waals surface area contributed by atoms with Gasteiger partial charge >= 0.3 is 17.1 Å². The van der Waals surface area contributed by atoms with Crippen LogP contribution in [0.4, 0.5) is 0 Å². The molecule has 0 bridgehead atoms. The first-order valence-electron chi connectivity index (χ1n) is 7.74. The van der Waals surface area contributed by atoms with Crippen LogP contribution in [-0.4, -0.2) is 37.0 Å². The molecule has 2 aliphatic heterocycles. The monoisotopic (exact) mass is 341 g/mol. The van der Waals surface area contributed by atoms with E-state index in [0.717, 1.165) is 45.7 Å². The largest absolute Gasteiger partial charge is 2.00 e. The van der Waals surface area contributed by atoms with Crippen molar-refractivity contribution >= 4 is 0 Å². The molecule has 3 nitrogen and oxygen atoms in total. The average Bonchev–Trinajstić information content (AvgIpc) is 3.25. The molecule has 22 heavy (non-hydrogen) atoms. The standard InChI is InChI=1S/C13H18NO2.C5H5.Fe/c1-2-4-12(3-1)11-14-7-5-13(6-8-14)15-9-10-16-13;1-2-4-5-3-1;/h1-4H,5-11H2;1-5H;/q2*-1;+2. The van der Waals surface area contributed by atoms with Crippen molar-refractivity contribution in [2.45, 2.75) is 25.2 Å². The summed E-state index contributed by atoms with van der Waals surface area (Å²) < 4.78 is 11.4. The van der Waals surface area contributed by atoms with E-state index in [1.165, 1.54) is 5.56 Å². The molecule has 2 aromatic carbocycles. The van der Waals surface area contributed by atoms with E-state index < -0.39 is 0 Å². The van der Waals surface area contributed by atoms with Gasteiger partial charge in [-0.3, -0.25) is 0 Å². The zero-order valence-corrected chi connectivity index (χ0v) is 13.9. The second-order valence-electron chi connectivity index (χ2n) is 5.64. The molecular formula is C18H23FeNO2. The van der Waals surface area contributed by atoms with E-state index in [-0.39, 0.29) is 22.9 Å². The summed E-state index contributed by atoms with van der Waals surface area (Å²) in [5, 5.41) is 0. The van der Waals surface area contributed by atoms with Gasteiger partial charge in [0.2, 0.25) is 0 Å². The fraction of sp³-hybridized carbons (Fsp3) is 0.444. The van der Waals surface area contributed by atoms with Gasteiger partial charge in [-0.2, -0.15) is 42.0 Å². The Labute approximate surface area is 143 Å². The first kappa shape index (κ1) is 17.5. The van der Waals surface area contributed by atoms with Crippen LogP contribution in [0.5, 0.6) is 0 Å². The van der Waals surface area contributed by atoms with Crippen molar-refractivity contribution in [3.05, 3.63) is 60.2 Å². The van der Waals surface area contributed by atoms with Crippen molar-refractivity contribution in [3.63, 3.8) is 0 Å². The first-order valence-corrected chi connectivity index (χ1v) is 7.74. The van der Waals surface area contributed by atoms with Gasteiger partial charge in [0.05, 0.1) is 13.2 Å². The van der Waals surface area contributed by atoms with Crippen LogP contribution in [0, 0.1) is 0 Å². The number of ether oxygens (including phenoxy) is 2. The van der Waals surface area contributed by atoms with Crippen LogP contribution >= 0.6 is 0 Å². The molecule has 0 radical (unpaired) electrons. The van der Waals surface area contributed by atoms with E-state index in [1.807, 2.05) is 30.3 Å². The molecule has 0 aliphatic carbocycles. The average molecular weight is 341 g/mol. The molecule has 120 valence electrons. The summed E-state index contributed by atoms with van der Waals surface area (Å²) in [6, 6.07) is 18.6. The van der Waals surface area contributed by atoms with Crippen molar-refractivity contribution in [1.29, 1.82) is 0 Å². The zero-order chi connectivity index (χ0) is 14.4. The molecule has 4 rings (SSSR count). The maximum Gasteiger partial charge on any atom is 2.00 e. The molecule has 2 heterocycles. The van der Waals surface area contributed by atoms with Crippen LogP contribution in [0.25, 0.3) is 0 Å². The van der Waals surface area contributed by atoms with Gasteiger partial charge in [0.15, 0.2) is 5.79 Å². The SMILES string of the molecule is [Fe+2].c1cc(CN2CCC3(CC2)OCCO3)c[cH-]1.c1cc[cH-]c1. The van der Waals surface area contributed by atoms with Gasteiger partial charge in [-0.15, -0.1) is 0 Å². The summed E-state index contributed by atoms with van der Waals surface area (Å²) in [7, 11) is 0. The van der Waals surface area contributed by atoms with Gasteiger partial charge in [0, 0.05) is 25.9 Å². The number of piperidine rings is 1. The summed E-state index contributed by atoms with van der Waals surface area (Å²) in [4.78, 5) is 2.48. The van der Waals surface area contributed by atoms with Gasteiger partial charge in [-0.1, -0.05) is 0 Å². The minimum atomic E-state index is -0.234. The Morgan fingerprint density at radius 3 is 2.18 bits per heavy atom. The Morgan fingerprint density at radius 2 is 1.68 bits per heavy atom. The number of hydrogen-bond donors (Lipinski definition) is 0. The minimum absolute atomic E-state index is 0. The summed E-state index contributed by atoms with van der Waals surface area (Å²) >= 11 is 0. The fourth-order valence-electron chi connectivity index (χ4n) is 2.94. The first-order chi connectivity index (χ1) is 10.4. The minimum Gasteiger partial charge on any atom is -0.347 e. The molecule has 0 unspecified atom stereocenters. The second kappa shape index (κ2) is 8.66. The Balaban J connectivity index is 0.000000253. The van der Waals surface area contributed by atoms with Crippen molar-refractivity contribution in [1.82, 2.24) is 4.90 Å². The Kier molecular flexibility index (Phi) is 6.87. The predicted molar refractivity (Wildman–Crippen MR) is 83.2 cm³/mol. The Hall–Kier alpha value is -0.901. The van der Waals surface area contributed by atoms with Crippen LogP contribution < -0.4 is 0 Å². The number of rotatable bonds is 2. The zero-order valence-electron chi connectivity index (χ0n) is 12.8. The number of nitrogens with zero attached hydrogens (tertiary/aromatic N) is 1. The third-order valence-corrected chi connectivity index (χ3v) is 4.12. The molecule has 0 amide bonds. The molecular weight excluding hydrogens is 318 g/mol. The smallest absolute Gasteiger partial charge is 0.347 e. The van der Waals surface area contributed by atoms with E-state index in [0.29, 0.717) is 0 Å². The molecule has 0 aromatic heterocycles. The van der Waals surface area contributed by atoms with Gasteiger partial charge in [-0.05, 0) is 6.54 Å². The molecule has 0 N–H and O–H groups in total. The molecule has 2 aliphatic rings. The maximum atomic E-state index is 5.72. The second-order valence-corrected chi connectivity index (χ2v) is 5.64. The van der Waals surface area contributed by atoms with Crippen molar-refractivity contribution < 1.29 is 26.5 Å². The predicted octanol–water partition coefficient (Wildman–Crippen LogP) is 3.15. The van der Waals surface area contributed by atoms with E-state index >= 15 is 0 Å². The molecule has 2 aromatic rings. The van der Waals surface area contributed by atoms with Gasteiger partial charge in [0.25, 0.3) is 0 Å².